The molecular weight excluding hydrogens is 268 g/mol. The van der Waals surface area contributed by atoms with Gasteiger partial charge in [0, 0.05) is 13.1 Å². The number of nitrogens with one attached hydrogen (secondary N) is 2. The Hall–Kier alpha value is -1.44. The minimum atomic E-state index is 0.983. The number of rotatable bonds is 7. The molecule has 2 N–H and O–H groups in total. The van der Waals surface area contributed by atoms with Crippen molar-refractivity contribution in [3.63, 3.8) is 0 Å². The first-order valence-electron chi connectivity index (χ1n) is 9.02. The third kappa shape index (κ3) is 18.6. The summed E-state index contributed by atoms with van der Waals surface area (Å²) in [6.07, 6.45) is 27.5. The predicted molar refractivity (Wildman–Crippen MR) is 101 cm³/mol. The Labute approximate surface area is 138 Å². The van der Waals surface area contributed by atoms with E-state index in [0.29, 0.717) is 0 Å². The smallest absolute Gasteiger partial charge is 0.0328 e. The molecule has 0 saturated heterocycles. The summed E-state index contributed by atoms with van der Waals surface area (Å²) in [4.78, 5) is 0. The average Bonchev–Trinajstić information content (AvgIpc) is 2.62. The molecule has 22 heavy (non-hydrogen) atoms. The van der Waals surface area contributed by atoms with Gasteiger partial charge in [0.2, 0.25) is 0 Å². The Kier molecular flexibility index (Phi) is 18.3. The summed E-state index contributed by atoms with van der Waals surface area (Å²) in [5.41, 5.74) is 0. The lowest BCUT2D eigenvalue weighted by Gasteiger charge is -1.97. The maximum absolute atomic E-state index is 3.02. The van der Waals surface area contributed by atoms with Crippen LogP contribution in [0.15, 0.2) is 48.9 Å². The molecule has 0 saturated carbocycles. The standard InChI is InChI=1S/C10H22.2C5H7N/c1-3-5-7-9-10-8-6-4-2;2*1-2-4-6-5-3-1/h3-10H2,1-2H3;2*1-4,6H,5H2. The van der Waals surface area contributed by atoms with Crippen molar-refractivity contribution in [2.75, 3.05) is 13.1 Å². The monoisotopic (exact) mass is 304 g/mol. The van der Waals surface area contributed by atoms with E-state index in [2.05, 4.69) is 36.6 Å². The van der Waals surface area contributed by atoms with Crippen LogP contribution in [0.4, 0.5) is 0 Å². The highest BCUT2D eigenvalue weighted by Crippen LogP contribution is 2.07. The van der Waals surface area contributed by atoms with Crippen LogP contribution >= 0.6 is 0 Å². The topological polar surface area (TPSA) is 24.1 Å². The molecular formula is C20H36N2. The van der Waals surface area contributed by atoms with E-state index in [4.69, 9.17) is 0 Å². The van der Waals surface area contributed by atoms with Gasteiger partial charge in [0.15, 0.2) is 0 Å². The molecule has 2 aliphatic heterocycles. The summed E-state index contributed by atoms with van der Waals surface area (Å²) in [6, 6.07) is 0. The fourth-order valence-corrected chi connectivity index (χ4v) is 2.02. The van der Waals surface area contributed by atoms with E-state index in [1.165, 1.54) is 51.4 Å². The molecule has 0 aromatic heterocycles. The largest absolute Gasteiger partial charge is 0.387 e. The van der Waals surface area contributed by atoms with Crippen molar-refractivity contribution in [2.45, 2.75) is 65.2 Å². The van der Waals surface area contributed by atoms with Crippen LogP contribution in [-0.2, 0) is 0 Å². The molecule has 2 heterocycles. The van der Waals surface area contributed by atoms with Crippen LogP contribution in [0.25, 0.3) is 0 Å². The highest BCUT2D eigenvalue weighted by atomic mass is 14.8. The second-order valence-corrected chi connectivity index (χ2v) is 5.51. The zero-order valence-corrected chi connectivity index (χ0v) is 14.7. The van der Waals surface area contributed by atoms with E-state index >= 15 is 0 Å². The molecule has 0 spiro atoms. The van der Waals surface area contributed by atoms with Crippen molar-refractivity contribution in [1.82, 2.24) is 10.6 Å². The Bertz CT molecular complexity index is 258. The van der Waals surface area contributed by atoms with Gasteiger partial charge in [-0.2, -0.15) is 0 Å². The van der Waals surface area contributed by atoms with Crippen molar-refractivity contribution in [3.8, 4) is 0 Å². The normalized spacial score (nSPS) is 14.1. The van der Waals surface area contributed by atoms with Gasteiger partial charge < -0.3 is 10.6 Å². The summed E-state index contributed by atoms with van der Waals surface area (Å²) in [5, 5.41) is 6.03. The van der Waals surface area contributed by atoms with Gasteiger partial charge in [0.25, 0.3) is 0 Å². The molecule has 0 radical (unpaired) electrons. The average molecular weight is 305 g/mol. The summed E-state index contributed by atoms with van der Waals surface area (Å²) in [7, 11) is 0. The van der Waals surface area contributed by atoms with Crippen molar-refractivity contribution in [3.05, 3.63) is 48.9 Å². The van der Waals surface area contributed by atoms with Gasteiger partial charge in [0.1, 0.15) is 0 Å². The fraction of sp³-hybridized carbons (Fsp3) is 0.600. The van der Waals surface area contributed by atoms with Crippen molar-refractivity contribution >= 4 is 0 Å². The van der Waals surface area contributed by atoms with Crippen molar-refractivity contribution < 1.29 is 0 Å². The Morgan fingerprint density at radius 2 is 1.00 bits per heavy atom. The van der Waals surface area contributed by atoms with Crippen LogP contribution in [0.5, 0.6) is 0 Å². The fourth-order valence-electron chi connectivity index (χ4n) is 2.02. The van der Waals surface area contributed by atoms with Gasteiger partial charge >= 0.3 is 0 Å². The predicted octanol–water partition coefficient (Wildman–Crippen LogP) is 5.47. The lowest BCUT2D eigenvalue weighted by molar-refractivity contribution is 0.585. The summed E-state index contributed by atoms with van der Waals surface area (Å²) in [5.74, 6) is 0. The second kappa shape index (κ2) is 19.6. The SMILES string of the molecule is C1=CCNC=C1.C1=CCNC=C1.CCCCCCCCCC. The van der Waals surface area contributed by atoms with E-state index in [-0.39, 0.29) is 0 Å². The number of hydrogen-bond acceptors (Lipinski definition) is 2. The van der Waals surface area contributed by atoms with Crippen molar-refractivity contribution in [2.24, 2.45) is 0 Å². The molecule has 0 bridgehead atoms. The van der Waals surface area contributed by atoms with Gasteiger partial charge in [-0.1, -0.05) is 89.5 Å². The number of unbranched alkanes of at least 4 members (excludes halogenated alkanes) is 7. The van der Waals surface area contributed by atoms with Crippen LogP contribution < -0.4 is 10.6 Å². The molecule has 0 aromatic rings. The van der Waals surface area contributed by atoms with Gasteiger partial charge in [-0.3, -0.25) is 0 Å². The molecule has 0 atom stereocenters. The van der Waals surface area contributed by atoms with E-state index < -0.39 is 0 Å². The molecule has 0 fully saturated rings. The summed E-state index contributed by atoms with van der Waals surface area (Å²) in [6.45, 7) is 6.51. The molecule has 2 rings (SSSR count). The van der Waals surface area contributed by atoms with E-state index in [1.807, 2.05) is 36.7 Å². The van der Waals surface area contributed by atoms with Gasteiger partial charge in [-0.25, -0.2) is 0 Å². The lowest BCUT2D eigenvalue weighted by Crippen LogP contribution is -2.05. The van der Waals surface area contributed by atoms with Crippen LogP contribution in [0.1, 0.15) is 65.2 Å². The molecule has 0 aliphatic carbocycles. The molecule has 0 unspecified atom stereocenters. The second-order valence-electron chi connectivity index (χ2n) is 5.51. The van der Waals surface area contributed by atoms with Crippen LogP contribution in [0.2, 0.25) is 0 Å². The van der Waals surface area contributed by atoms with Crippen molar-refractivity contribution in [1.29, 1.82) is 0 Å². The third-order valence-electron chi connectivity index (χ3n) is 3.35. The molecule has 0 amide bonds. The first-order valence-corrected chi connectivity index (χ1v) is 9.02. The number of allylic oxidation sites excluding steroid dienone is 4. The Morgan fingerprint density at radius 3 is 1.18 bits per heavy atom. The summed E-state index contributed by atoms with van der Waals surface area (Å²) >= 11 is 0. The van der Waals surface area contributed by atoms with Crippen LogP contribution in [0.3, 0.4) is 0 Å². The lowest BCUT2D eigenvalue weighted by atomic mass is 10.1. The van der Waals surface area contributed by atoms with E-state index in [1.54, 1.807) is 0 Å². The van der Waals surface area contributed by atoms with Gasteiger partial charge in [-0.15, -0.1) is 0 Å². The first-order chi connectivity index (χ1) is 10.9. The number of hydrogen-bond donors (Lipinski definition) is 2. The van der Waals surface area contributed by atoms with Crippen LogP contribution in [-0.4, -0.2) is 13.1 Å². The first kappa shape index (κ1) is 20.6. The maximum atomic E-state index is 3.02. The molecule has 126 valence electrons. The highest BCUT2D eigenvalue weighted by Gasteiger charge is 1.87. The minimum Gasteiger partial charge on any atom is -0.387 e. The molecule has 2 aliphatic rings. The molecule has 0 aromatic carbocycles. The van der Waals surface area contributed by atoms with Gasteiger partial charge in [0.05, 0.1) is 0 Å². The Morgan fingerprint density at radius 1 is 0.591 bits per heavy atom. The minimum absolute atomic E-state index is 0.983. The Balaban J connectivity index is 0.000000315. The zero-order valence-electron chi connectivity index (χ0n) is 14.7. The number of dihydropyridines is 2. The molecule has 2 heteroatoms. The summed E-state index contributed by atoms with van der Waals surface area (Å²) < 4.78 is 0. The quantitative estimate of drug-likeness (QED) is 0.610. The third-order valence-corrected chi connectivity index (χ3v) is 3.35. The highest BCUT2D eigenvalue weighted by molar-refractivity contribution is 5.07. The maximum Gasteiger partial charge on any atom is 0.0328 e. The van der Waals surface area contributed by atoms with Gasteiger partial charge in [-0.05, 0) is 24.6 Å². The zero-order chi connectivity index (χ0) is 16.1. The molecule has 2 nitrogen and oxygen atoms in total. The van der Waals surface area contributed by atoms with E-state index in [9.17, 15) is 0 Å². The van der Waals surface area contributed by atoms with E-state index in [0.717, 1.165) is 13.1 Å². The van der Waals surface area contributed by atoms with Crippen LogP contribution in [0, 0.1) is 0 Å².